The van der Waals surface area contributed by atoms with Gasteiger partial charge in [-0.1, -0.05) is 30.3 Å². The van der Waals surface area contributed by atoms with Crippen molar-refractivity contribution >= 4 is 33.3 Å². The van der Waals surface area contributed by atoms with E-state index in [-0.39, 0.29) is 29.8 Å². The summed E-state index contributed by atoms with van der Waals surface area (Å²) in [4.78, 5) is 35.9. The Bertz CT molecular complexity index is 2120. The lowest BCUT2D eigenvalue weighted by molar-refractivity contribution is 0.537. The summed E-state index contributed by atoms with van der Waals surface area (Å²) in [5.41, 5.74) is 0.512. The van der Waals surface area contributed by atoms with Gasteiger partial charge in [0.15, 0.2) is 0 Å². The van der Waals surface area contributed by atoms with E-state index in [0.29, 0.717) is 16.6 Å². The molecule has 3 aromatic heterocycles. The van der Waals surface area contributed by atoms with Gasteiger partial charge in [0.1, 0.15) is 11.9 Å². The van der Waals surface area contributed by atoms with E-state index in [0.717, 1.165) is 20.9 Å². The molecule has 0 bridgehead atoms. The number of aromatic nitrogens is 6. The van der Waals surface area contributed by atoms with Gasteiger partial charge in [-0.3, -0.25) is 14.2 Å². The largest absolute Gasteiger partial charge is 0.359 e. The van der Waals surface area contributed by atoms with Crippen LogP contribution in [0.4, 0.5) is 16.0 Å². The van der Waals surface area contributed by atoms with Crippen LogP contribution in [0.25, 0.3) is 27.4 Å². The number of anilines is 2. The lowest BCUT2D eigenvalue weighted by Crippen LogP contribution is -2.42. The number of nitrogens with zero attached hydrogens (tertiary/aromatic N) is 7. The third kappa shape index (κ3) is 4.72. The van der Waals surface area contributed by atoms with Gasteiger partial charge in [0, 0.05) is 40.3 Å². The molecule has 11 heteroatoms. The van der Waals surface area contributed by atoms with Gasteiger partial charge in [-0.2, -0.15) is 15.3 Å². The van der Waals surface area contributed by atoms with Gasteiger partial charge < -0.3 is 5.32 Å². The first-order valence-corrected chi connectivity index (χ1v) is 12.8. The summed E-state index contributed by atoms with van der Waals surface area (Å²) in [6.45, 7) is 3.97. The molecule has 0 aliphatic heterocycles. The average molecular weight is 547 g/mol. The second-order valence-corrected chi connectivity index (χ2v) is 9.83. The summed E-state index contributed by atoms with van der Waals surface area (Å²) in [5, 5.41) is 19.3. The zero-order valence-corrected chi connectivity index (χ0v) is 22.1. The van der Waals surface area contributed by atoms with Crippen molar-refractivity contribution in [3.63, 3.8) is 0 Å². The SMILES string of the molecule is CC(C)n1cc2cc(Nc3nc(=O)n(-c4cncc5ccccc45)c(=O)n3Cc3ccc(F)c(C#N)c3)ccc2n1. The zero-order valence-electron chi connectivity index (χ0n) is 22.1. The van der Waals surface area contributed by atoms with E-state index >= 15 is 0 Å². The summed E-state index contributed by atoms with van der Waals surface area (Å²) in [6, 6.07) is 18.7. The summed E-state index contributed by atoms with van der Waals surface area (Å²) in [7, 11) is 0. The predicted molar refractivity (Wildman–Crippen MR) is 153 cm³/mol. The molecule has 41 heavy (non-hydrogen) atoms. The van der Waals surface area contributed by atoms with Crippen LogP contribution < -0.4 is 16.7 Å². The standard InChI is InChI=1S/C30H23FN8O2/c1-18(2)38-17-22-12-23(8-10-26(22)36-38)34-28-35-29(40)39(27-15-33-14-20-5-3-4-6-24(20)27)30(41)37(28)16-19-7-9-25(31)21(11-19)13-32/h3-12,14-15,17-18H,16H2,1-2H3,(H,34,35,40). The van der Waals surface area contributed by atoms with Crippen molar-refractivity contribution in [1.82, 2.24) is 28.9 Å². The van der Waals surface area contributed by atoms with E-state index < -0.39 is 17.2 Å². The highest BCUT2D eigenvalue weighted by Crippen LogP contribution is 2.23. The topological polar surface area (TPSA) is 123 Å². The molecule has 3 aromatic carbocycles. The molecule has 6 rings (SSSR count). The van der Waals surface area contributed by atoms with Crippen LogP contribution in [0.5, 0.6) is 0 Å². The first-order chi connectivity index (χ1) is 19.8. The zero-order chi connectivity index (χ0) is 28.7. The Hall–Kier alpha value is -5.63. The molecule has 0 radical (unpaired) electrons. The van der Waals surface area contributed by atoms with Crippen LogP contribution in [0.1, 0.15) is 31.0 Å². The van der Waals surface area contributed by atoms with Crippen molar-refractivity contribution in [3.8, 4) is 11.8 Å². The van der Waals surface area contributed by atoms with Crippen molar-refractivity contribution < 1.29 is 4.39 Å². The lowest BCUT2D eigenvalue weighted by atomic mass is 10.1. The molecule has 3 heterocycles. The minimum absolute atomic E-state index is 0.0112. The number of rotatable bonds is 6. The fraction of sp³-hybridized carbons (Fsp3) is 0.133. The van der Waals surface area contributed by atoms with Gasteiger partial charge in [-0.25, -0.2) is 18.5 Å². The van der Waals surface area contributed by atoms with Crippen LogP contribution in [0.3, 0.4) is 0 Å². The van der Waals surface area contributed by atoms with E-state index in [1.165, 1.54) is 29.0 Å². The monoisotopic (exact) mass is 546 g/mol. The first-order valence-electron chi connectivity index (χ1n) is 12.8. The highest BCUT2D eigenvalue weighted by molar-refractivity contribution is 5.89. The molecule has 0 fully saturated rings. The van der Waals surface area contributed by atoms with Crippen LogP contribution in [-0.4, -0.2) is 28.9 Å². The molecule has 6 aromatic rings. The molecule has 1 N–H and O–H groups in total. The van der Waals surface area contributed by atoms with Crippen molar-refractivity contribution in [2.75, 3.05) is 5.32 Å². The highest BCUT2D eigenvalue weighted by Gasteiger charge is 2.18. The fourth-order valence-electron chi connectivity index (χ4n) is 4.67. The quantitative estimate of drug-likeness (QED) is 0.322. The Balaban J connectivity index is 1.52. The highest BCUT2D eigenvalue weighted by atomic mass is 19.1. The minimum Gasteiger partial charge on any atom is -0.325 e. The van der Waals surface area contributed by atoms with Gasteiger partial charge >= 0.3 is 11.4 Å². The molecule has 0 atom stereocenters. The van der Waals surface area contributed by atoms with Crippen molar-refractivity contribution in [3.05, 3.63) is 117 Å². The van der Waals surface area contributed by atoms with Crippen LogP contribution in [0.15, 0.2) is 88.8 Å². The molecule has 202 valence electrons. The molecule has 0 aliphatic carbocycles. The van der Waals surface area contributed by atoms with Crippen LogP contribution in [0, 0.1) is 17.1 Å². The van der Waals surface area contributed by atoms with Crippen LogP contribution in [0.2, 0.25) is 0 Å². The van der Waals surface area contributed by atoms with Crippen LogP contribution >= 0.6 is 0 Å². The van der Waals surface area contributed by atoms with Gasteiger partial charge in [0.05, 0.1) is 29.5 Å². The van der Waals surface area contributed by atoms with Gasteiger partial charge in [0.25, 0.3) is 0 Å². The van der Waals surface area contributed by atoms with E-state index in [4.69, 9.17) is 0 Å². The first kappa shape index (κ1) is 25.6. The number of benzene rings is 3. The number of nitriles is 1. The van der Waals surface area contributed by atoms with E-state index in [1.54, 1.807) is 24.4 Å². The number of fused-ring (bicyclic) bond motifs is 2. The second kappa shape index (κ2) is 10.2. The molecule has 0 spiro atoms. The molecular formula is C30H23FN8O2. The molecule has 0 aliphatic rings. The Morgan fingerprint density at radius 3 is 2.66 bits per heavy atom. The summed E-state index contributed by atoms with van der Waals surface area (Å²) < 4.78 is 18.1. The summed E-state index contributed by atoms with van der Waals surface area (Å²) in [5.74, 6) is -0.676. The second-order valence-electron chi connectivity index (χ2n) is 9.83. The predicted octanol–water partition coefficient (Wildman–Crippen LogP) is 4.68. The van der Waals surface area contributed by atoms with E-state index in [1.807, 2.05) is 55.1 Å². The number of pyridine rings is 1. The van der Waals surface area contributed by atoms with Crippen molar-refractivity contribution in [1.29, 1.82) is 5.26 Å². The fourth-order valence-corrected chi connectivity index (χ4v) is 4.67. The Labute approximate surface area is 232 Å². The Morgan fingerprint density at radius 1 is 1.02 bits per heavy atom. The van der Waals surface area contributed by atoms with Crippen molar-refractivity contribution in [2.45, 2.75) is 26.4 Å². The molecule has 0 saturated heterocycles. The minimum atomic E-state index is -0.794. The third-order valence-electron chi connectivity index (χ3n) is 6.76. The maximum absolute atomic E-state index is 14.0. The molecule has 0 saturated carbocycles. The number of hydrogen-bond donors (Lipinski definition) is 1. The van der Waals surface area contributed by atoms with Gasteiger partial charge in [0.2, 0.25) is 5.95 Å². The number of nitrogens with one attached hydrogen (secondary N) is 1. The van der Waals surface area contributed by atoms with Gasteiger partial charge in [-0.15, -0.1) is 0 Å². The van der Waals surface area contributed by atoms with Crippen LogP contribution in [-0.2, 0) is 6.54 Å². The number of hydrogen-bond acceptors (Lipinski definition) is 7. The van der Waals surface area contributed by atoms with E-state index in [2.05, 4.69) is 20.4 Å². The molecule has 0 amide bonds. The summed E-state index contributed by atoms with van der Waals surface area (Å²) in [6.07, 6.45) is 5.00. The maximum atomic E-state index is 14.0. The van der Waals surface area contributed by atoms with Gasteiger partial charge in [-0.05, 0) is 49.7 Å². The molecule has 10 nitrogen and oxygen atoms in total. The Kier molecular flexibility index (Phi) is 6.35. The third-order valence-corrected chi connectivity index (χ3v) is 6.76. The van der Waals surface area contributed by atoms with Crippen molar-refractivity contribution in [2.24, 2.45) is 0 Å². The number of halogens is 1. The van der Waals surface area contributed by atoms with E-state index in [9.17, 15) is 19.2 Å². The lowest BCUT2D eigenvalue weighted by Gasteiger charge is -2.16. The average Bonchev–Trinajstić information content (AvgIpc) is 3.40. The molecular weight excluding hydrogens is 523 g/mol. The molecule has 0 unspecified atom stereocenters. The smallest absolute Gasteiger partial charge is 0.325 e. The normalized spacial score (nSPS) is 11.3. The Morgan fingerprint density at radius 2 is 1.85 bits per heavy atom. The summed E-state index contributed by atoms with van der Waals surface area (Å²) >= 11 is 0. The maximum Gasteiger partial charge on any atom is 0.359 e.